The topological polar surface area (TPSA) is 44.1 Å². The van der Waals surface area contributed by atoms with Crippen molar-refractivity contribution in [3.63, 3.8) is 0 Å². The molecule has 0 bridgehead atoms. The highest BCUT2D eigenvalue weighted by Gasteiger charge is 2.35. The molecule has 1 saturated heterocycles. The normalized spacial score (nSPS) is 17.6. The highest BCUT2D eigenvalue weighted by atomic mass is 79.9. The molecule has 1 aliphatic rings. The fourth-order valence-electron chi connectivity index (χ4n) is 2.27. The number of thioether (sulfide) groups is 1. The highest BCUT2D eigenvalue weighted by molar-refractivity contribution is 9.10. The third-order valence-corrected chi connectivity index (χ3v) is 6.21. The lowest BCUT2D eigenvalue weighted by atomic mass is 9.96. The lowest BCUT2D eigenvalue weighted by Crippen LogP contribution is -2.44. The summed E-state index contributed by atoms with van der Waals surface area (Å²) in [5.41, 5.74) is 0.509. The van der Waals surface area contributed by atoms with Crippen LogP contribution >= 0.6 is 39.3 Å². The lowest BCUT2D eigenvalue weighted by Gasteiger charge is -2.36. The molecular formula is C14H14BrClN2OS. The molecule has 20 heavy (non-hydrogen) atoms. The van der Waals surface area contributed by atoms with Crippen molar-refractivity contribution in [1.29, 1.82) is 5.26 Å². The maximum Gasteiger partial charge on any atom is 0.255 e. The molecule has 1 aromatic rings. The largest absolute Gasteiger partial charge is 0.338 e. The Morgan fingerprint density at radius 1 is 1.50 bits per heavy atom. The number of likely N-dealkylation sites (tertiary alicyclic amines) is 1. The first-order valence-electron chi connectivity index (χ1n) is 6.23. The Morgan fingerprint density at radius 3 is 2.70 bits per heavy atom. The van der Waals surface area contributed by atoms with Crippen molar-refractivity contribution in [1.82, 2.24) is 4.90 Å². The van der Waals surface area contributed by atoms with Crippen molar-refractivity contribution < 1.29 is 4.79 Å². The van der Waals surface area contributed by atoms with Crippen LogP contribution in [-0.2, 0) is 0 Å². The minimum Gasteiger partial charge on any atom is -0.338 e. The van der Waals surface area contributed by atoms with Crippen molar-refractivity contribution in [2.75, 3.05) is 19.3 Å². The number of nitriles is 1. The minimum absolute atomic E-state index is 0.0658. The quantitative estimate of drug-likeness (QED) is 0.788. The molecular weight excluding hydrogens is 360 g/mol. The first kappa shape index (κ1) is 15.7. The van der Waals surface area contributed by atoms with Gasteiger partial charge in [0, 0.05) is 17.6 Å². The molecule has 106 valence electrons. The van der Waals surface area contributed by atoms with Gasteiger partial charge in [-0.1, -0.05) is 17.7 Å². The van der Waals surface area contributed by atoms with Crippen LogP contribution in [0.15, 0.2) is 22.7 Å². The molecule has 0 radical (unpaired) electrons. The molecule has 0 saturated carbocycles. The summed E-state index contributed by atoms with van der Waals surface area (Å²) >= 11 is 11.1. The second-order valence-electron chi connectivity index (χ2n) is 4.70. The van der Waals surface area contributed by atoms with Gasteiger partial charge in [0.15, 0.2) is 0 Å². The van der Waals surface area contributed by atoms with Gasteiger partial charge in [0.1, 0.15) is 4.75 Å². The van der Waals surface area contributed by atoms with Crippen molar-refractivity contribution in [3.05, 3.63) is 33.3 Å². The van der Waals surface area contributed by atoms with Crippen LogP contribution < -0.4 is 0 Å². The molecule has 0 unspecified atom stereocenters. The predicted molar refractivity (Wildman–Crippen MR) is 86.1 cm³/mol. The van der Waals surface area contributed by atoms with Crippen LogP contribution in [0.5, 0.6) is 0 Å². The summed E-state index contributed by atoms with van der Waals surface area (Å²) in [6.07, 6.45) is 3.34. The van der Waals surface area contributed by atoms with E-state index in [-0.39, 0.29) is 10.7 Å². The number of carbonyl (C=O) groups excluding carboxylic acids is 1. The SMILES string of the molecule is CSC1(C#N)CCN(C(=O)c2cccc(Br)c2Cl)CC1. The first-order chi connectivity index (χ1) is 9.53. The molecule has 0 aliphatic carbocycles. The molecule has 3 nitrogen and oxygen atoms in total. The van der Waals surface area contributed by atoms with Crippen LogP contribution in [0.25, 0.3) is 0 Å². The average Bonchev–Trinajstić information content (AvgIpc) is 2.49. The summed E-state index contributed by atoms with van der Waals surface area (Å²) < 4.78 is 0.371. The second-order valence-corrected chi connectivity index (χ2v) is 7.13. The summed E-state index contributed by atoms with van der Waals surface area (Å²) in [6.45, 7) is 1.19. The Morgan fingerprint density at radius 2 is 2.15 bits per heavy atom. The van der Waals surface area contributed by atoms with E-state index in [4.69, 9.17) is 11.6 Å². The van der Waals surface area contributed by atoms with Crippen molar-refractivity contribution in [2.24, 2.45) is 0 Å². The van der Waals surface area contributed by atoms with Gasteiger partial charge in [-0.15, -0.1) is 11.8 Å². The molecule has 1 aliphatic heterocycles. The van der Waals surface area contributed by atoms with Crippen LogP contribution in [0.4, 0.5) is 0 Å². The number of nitrogens with zero attached hydrogens (tertiary/aromatic N) is 2. The van der Waals surface area contributed by atoms with Crippen LogP contribution in [0.2, 0.25) is 5.02 Å². The second kappa shape index (κ2) is 6.38. The zero-order chi connectivity index (χ0) is 14.8. The Kier molecular flexibility index (Phi) is 5.00. The molecule has 2 rings (SSSR count). The number of benzene rings is 1. The van der Waals surface area contributed by atoms with Crippen LogP contribution in [0.1, 0.15) is 23.2 Å². The van der Waals surface area contributed by atoms with E-state index in [2.05, 4.69) is 22.0 Å². The maximum atomic E-state index is 12.5. The maximum absolute atomic E-state index is 12.5. The standard InChI is InChI=1S/C14H14BrClN2OS/c1-20-14(9-17)5-7-18(8-6-14)13(19)10-3-2-4-11(15)12(10)16/h2-4H,5-8H2,1H3. The molecule has 1 heterocycles. The first-order valence-corrected chi connectivity index (χ1v) is 8.62. The van der Waals surface area contributed by atoms with Crippen LogP contribution in [0, 0.1) is 11.3 Å². The Balaban J connectivity index is 2.13. The van der Waals surface area contributed by atoms with Gasteiger partial charge in [0.05, 0.1) is 16.7 Å². The molecule has 6 heteroatoms. The number of halogens is 2. The number of hydrogen-bond acceptors (Lipinski definition) is 3. The monoisotopic (exact) mass is 372 g/mol. The summed E-state index contributed by atoms with van der Waals surface area (Å²) in [6, 6.07) is 7.72. The van der Waals surface area contributed by atoms with Crippen LogP contribution in [-0.4, -0.2) is 34.9 Å². The van der Waals surface area contributed by atoms with Gasteiger partial charge in [-0.3, -0.25) is 4.79 Å². The van der Waals surface area contributed by atoms with E-state index in [1.54, 1.807) is 28.8 Å². The van der Waals surface area contributed by atoms with Crippen molar-refractivity contribution >= 4 is 45.2 Å². The number of rotatable bonds is 2. The smallest absolute Gasteiger partial charge is 0.255 e. The molecule has 1 aromatic carbocycles. The lowest BCUT2D eigenvalue weighted by molar-refractivity contribution is 0.0716. The fraction of sp³-hybridized carbons (Fsp3) is 0.429. The Bertz CT molecular complexity index is 565. The third kappa shape index (κ3) is 2.98. The molecule has 0 N–H and O–H groups in total. The van der Waals surface area contributed by atoms with E-state index in [1.807, 2.05) is 12.3 Å². The zero-order valence-electron chi connectivity index (χ0n) is 11.0. The summed E-state index contributed by atoms with van der Waals surface area (Å²) in [7, 11) is 0. The minimum atomic E-state index is -0.349. The third-order valence-electron chi connectivity index (χ3n) is 3.63. The van der Waals surface area contributed by atoms with Gasteiger partial charge in [0.25, 0.3) is 5.91 Å². The van der Waals surface area contributed by atoms with Gasteiger partial charge in [0.2, 0.25) is 0 Å². The van der Waals surface area contributed by atoms with Gasteiger partial charge < -0.3 is 4.90 Å². The van der Waals surface area contributed by atoms with E-state index in [9.17, 15) is 10.1 Å². The molecule has 1 amide bonds. The van der Waals surface area contributed by atoms with Gasteiger partial charge in [-0.25, -0.2) is 0 Å². The molecule has 0 aromatic heterocycles. The number of piperidine rings is 1. The molecule has 0 spiro atoms. The fourth-order valence-corrected chi connectivity index (χ4v) is 3.53. The summed E-state index contributed by atoms with van der Waals surface area (Å²) in [5.74, 6) is -0.0658. The Labute approximate surface area is 136 Å². The van der Waals surface area contributed by atoms with E-state index < -0.39 is 0 Å². The van der Waals surface area contributed by atoms with E-state index >= 15 is 0 Å². The molecule has 1 fully saturated rings. The zero-order valence-corrected chi connectivity index (χ0v) is 14.2. The van der Waals surface area contributed by atoms with E-state index in [0.717, 1.165) is 4.47 Å². The summed E-state index contributed by atoms with van der Waals surface area (Å²) in [5, 5.41) is 9.71. The van der Waals surface area contributed by atoms with Crippen molar-refractivity contribution in [3.8, 4) is 6.07 Å². The van der Waals surface area contributed by atoms with Gasteiger partial charge in [-0.2, -0.15) is 5.26 Å². The Hall–Kier alpha value is -0.700. The van der Waals surface area contributed by atoms with Gasteiger partial charge in [-0.05, 0) is 47.2 Å². The highest BCUT2D eigenvalue weighted by Crippen LogP contribution is 2.35. The number of amides is 1. The van der Waals surface area contributed by atoms with Crippen molar-refractivity contribution in [2.45, 2.75) is 17.6 Å². The van der Waals surface area contributed by atoms with Crippen LogP contribution in [0.3, 0.4) is 0 Å². The van der Waals surface area contributed by atoms with Gasteiger partial charge >= 0.3 is 0 Å². The summed E-state index contributed by atoms with van der Waals surface area (Å²) in [4.78, 5) is 14.3. The van der Waals surface area contributed by atoms with E-state index in [1.165, 1.54) is 0 Å². The number of carbonyl (C=O) groups is 1. The molecule has 0 atom stereocenters. The average molecular weight is 374 g/mol. The predicted octanol–water partition coefficient (Wildman–Crippen LogP) is 3.96. The number of hydrogen-bond donors (Lipinski definition) is 0. The van der Waals surface area contributed by atoms with E-state index in [0.29, 0.717) is 36.5 Å².